The Morgan fingerprint density at radius 3 is 2.06 bits per heavy atom. The van der Waals surface area contributed by atoms with E-state index in [1.807, 2.05) is 42.5 Å². The van der Waals surface area contributed by atoms with Crippen LogP contribution in [0.4, 0.5) is 0 Å². The molecule has 0 heterocycles. The van der Waals surface area contributed by atoms with E-state index in [1.54, 1.807) is 0 Å². The number of rotatable bonds is 2. The van der Waals surface area contributed by atoms with E-state index in [9.17, 15) is 0 Å². The third-order valence-corrected chi connectivity index (χ3v) is 4.23. The average molecular weight is 395 g/mol. The van der Waals surface area contributed by atoms with Gasteiger partial charge in [0.05, 0.1) is 5.38 Å². The van der Waals surface area contributed by atoms with Crippen LogP contribution in [0.3, 0.4) is 0 Å². The number of halogens is 4. The first-order valence-electron chi connectivity index (χ1n) is 4.92. The van der Waals surface area contributed by atoms with Gasteiger partial charge in [0.1, 0.15) is 0 Å². The van der Waals surface area contributed by atoms with Crippen LogP contribution < -0.4 is 0 Å². The molecule has 0 aromatic heterocycles. The minimum Gasteiger partial charge on any atom is -0.113 e. The Labute approximate surface area is 127 Å². The molecule has 0 aliphatic heterocycles. The smallest absolute Gasteiger partial charge is 0.0849 e. The second-order valence-electron chi connectivity index (χ2n) is 3.58. The summed E-state index contributed by atoms with van der Waals surface area (Å²) >= 11 is 19.4. The third kappa shape index (κ3) is 3.25. The summed E-state index contributed by atoms with van der Waals surface area (Å²) < 4.78 is 1.98. The van der Waals surface area contributed by atoms with E-state index in [4.69, 9.17) is 23.2 Å². The van der Waals surface area contributed by atoms with E-state index in [1.165, 1.54) is 0 Å². The fourth-order valence-corrected chi connectivity index (χ4v) is 2.96. The summed E-state index contributed by atoms with van der Waals surface area (Å²) in [5, 5.41) is 0.436. The lowest BCUT2D eigenvalue weighted by Crippen LogP contribution is -1.94. The minimum absolute atomic E-state index is 0.233. The van der Waals surface area contributed by atoms with Gasteiger partial charge in [0.15, 0.2) is 0 Å². The average Bonchev–Trinajstić information content (AvgIpc) is 2.29. The van der Waals surface area contributed by atoms with Gasteiger partial charge in [0.2, 0.25) is 0 Å². The first-order chi connectivity index (χ1) is 8.08. The normalized spacial score (nSPS) is 12.5. The van der Waals surface area contributed by atoms with Gasteiger partial charge < -0.3 is 0 Å². The largest absolute Gasteiger partial charge is 0.113 e. The Bertz CT molecular complexity index is 523. The summed E-state index contributed by atoms with van der Waals surface area (Å²) in [6.07, 6.45) is 0. The van der Waals surface area contributed by atoms with Crippen molar-refractivity contribution in [1.29, 1.82) is 0 Å². The van der Waals surface area contributed by atoms with Crippen LogP contribution in [0.25, 0.3) is 0 Å². The Hall–Kier alpha value is -0.0200. The molecule has 0 saturated heterocycles. The Morgan fingerprint density at radius 2 is 1.47 bits per heavy atom. The van der Waals surface area contributed by atoms with E-state index < -0.39 is 0 Å². The van der Waals surface area contributed by atoms with Crippen molar-refractivity contribution in [3.8, 4) is 0 Å². The van der Waals surface area contributed by atoms with Gasteiger partial charge in [0, 0.05) is 14.0 Å². The predicted molar refractivity (Wildman–Crippen MR) is 81.0 cm³/mol. The molecule has 2 rings (SSSR count). The van der Waals surface area contributed by atoms with Crippen molar-refractivity contribution < 1.29 is 0 Å². The molecule has 0 N–H and O–H groups in total. The van der Waals surface area contributed by atoms with Crippen molar-refractivity contribution in [1.82, 2.24) is 0 Å². The Morgan fingerprint density at radius 1 is 0.882 bits per heavy atom. The van der Waals surface area contributed by atoms with Crippen LogP contribution in [0.2, 0.25) is 5.02 Å². The van der Waals surface area contributed by atoms with Gasteiger partial charge in [-0.2, -0.15) is 0 Å². The lowest BCUT2D eigenvalue weighted by atomic mass is 10.0. The molecule has 0 spiro atoms. The van der Waals surface area contributed by atoms with Gasteiger partial charge in [-0.1, -0.05) is 61.7 Å². The highest BCUT2D eigenvalue weighted by Gasteiger charge is 2.14. The van der Waals surface area contributed by atoms with Crippen LogP contribution in [-0.4, -0.2) is 0 Å². The molecule has 1 unspecified atom stereocenters. The maximum atomic E-state index is 6.43. The molecule has 0 aliphatic carbocycles. The second kappa shape index (κ2) is 5.75. The van der Waals surface area contributed by atoms with E-state index in [0.717, 1.165) is 20.1 Å². The van der Waals surface area contributed by atoms with Gasteiger partial charge in [-0.15, -0.1) is 11.6 Å². The molecule has 2 aromatic carbocycles. The number of alkyl halides is 1. The standard InChI is InChI=1S/C13H8Br2Cl2/c14-9-3-1-8(2-4-9)13(17)11-6-5-10(15)7-12(11)16/h1-7,13H. The predicted octanol–water partition coefficient (Wildman–Crippen LogP) is 6.19. The van der Waals surface area contributed by atoms with Crippen molar-refractivity contribution in [2.45, 2.75) is 5.38 Å². The van der Waals surface area contributed by atoms with E-state index in [-0.39, 0.29) is 5.38 Å². The monoisotopic (exact) mass is 392 g/mol. The quantitative estimate of drug-likeness (QED) is 0.532. The molecule has 0 nitrogen and oxygen atoms in total. The number of hydrogen-bond acceptors (Lipinski definition) is 0. The fourth-order valence-electron chi connectivity index (χ4n) is 1.52. The summed E-state index contributed by atoms with van der Waals surface area (Å²) in [4.78, 5) is 0. The van der Waals surface area contributed by atoms with Crippen molar-refractivity contribution in [3.05, 3.63) is 67.6 Å². The molecule has 0 saturated carbocycles. The van der Waals surface area contributed by atoms with Gasteiger partial charge in [-0.3, -0.25) is 0 Å². The minimum atomic E-state index is -0.233. The summed E-state index contributed by atoms with van der Waals surface area (Å²) in [6.45, 7) is 0. The number of benzene rings is 2. The van der Waals surface area contributed by atoms with Gasteiger partial charge >= 0.3 is 0 Å². The van der Waals surface area contributed by atoms with Gasteiger partial charge in [0.25, 0.3) is 0 Å². The van der Waals surface area contributed by atoms with Crippen LogP contribution in [0.1, 0.15) is 16.5 Å². The number of hydrogen-bond donors (Lipinski definition) is 0. The van der Waals surface area contributed by atoms with Crippen molar-refractivity contribution in [3.63, 3.8) is 0 Å². The van der Waals surface area contributed by atoms with E-state index in [2.05, 4.69) is 31.9 Å². The van der Waals surface area contributed by atoms with E-state index >= 15 is 0 Å². The molecule has 2 aromatic rings. The molecule has 4 heteroatoms. The molecule has 1 atom stereocenters. The summed E-state index contributed by atoms with van der Waals surface area (Å²) in [5.41, 5.74) is 1.94. The zero-order valence-corrected chi connectivity index (χ0v) is 13.3. The Kier molecular flexibility index (Phi) is 4.53. The first kappa shape index (κ1) is 13.4. The zero-order chi connectivity index (χ0) is 12.4. The van der Waals surface area contributed by atoms with Crippen LogP contribution >= 0.6 is 55.1 Å². The highest BCUT2D eigenvalue weighted by molar-refractivity contribution is 9.10. The van der Waals surface area contributed by atoms with Crippen LogP contribution in [-0.2, 0) is 0 Å². The molecule has 0 aliphatic rings. The summed E-state index contributed by atoms with van der Waals surface area (Å²) in [6, 6.07) is 13.6. The first-order valence-corrected chi connectivity index (χ1v) is 7.32. The highest BCUT2D eigenvalue weighted by Crippen LogP contribution is 2.35. The van der Waals surface area contributed by atoms with Gasteiger partial charge in [-0.05, 0) is 35.4 Å². The van der Waals surface area contributed by atoms with Crippen LogP contribution in [0, 0.1) is 0 Å². The lowest BCUT2D eigenvalue weighted by molar-refractivity contribution is 1.14. The molecular formula is C13H8Br2Cl2. The van der Waals surface area contributed by atoms with Crippen LogP contribution in [0.15, 0.2) is 51.4 Å². The Balaban J connectivity index is 2.36. The summed E-state index contributed by atoms with van der Waals surface area (Å²) in [7, 11) is 0. The highest BCUT2D eigenvalue weighted by atomic mass is 79.9. The van der Waals surface area contributed by atoms with Crippen molar-refractivity contribution >= 4 is 55.1 Å². The maximum absolute atomic E-state index is 6.43. The zero-order valence-electron chi connectivity index (χ0n) is 8.63. The lowest BCUT2D eigenvalue weighted by Gasteiger charge is -2.12. The third-order valence-electron chi connectivity index (χ3n) is 2.40. The molecule has 0 radical (unpaired) electrons. The summed E-state index contributed by atoms with van der Waals surface area (Å²) in [5.74, 6) is 0. The maximum Gasteiger partial charge on any atom is 0.0849 e. The van der Waals surface area contributed by atoms with E-state index in [0.29, 0.717) is 5.02 Å². The van der Waals surface area contributed by atoms with Gasteiger partial charge in [-0.25, -0.2) is 0 Å². The molecule has 0 fully saturated rings. The SMILES string of the molecule is Clc1cc(Br)ccc1C(Cl)c1ccc(Br)cc1. The second-order valence-corrected chi connectivity index (χ2v) is 6.25. The molecule has 0 bridgehead atoms. The van der Waals surface area contributed by atoms with Crippen LogP contribution in [0.5, 0.6) is 0 Å². The molecule has 0 amide bonds. The fraction of sp³-hybridized carbons (Fsp3) is 0.0769. The van der Waals surface area contributed by atoms with Crippen molar-refractivity contribution in [2.75, 3.05) is 0 Å². The van der Waals surface area contributed by atoms with Crippen molar-refractivity contribution in [2.24, 2.45) is 0 Å². The molecule has 88 valence electrons. The molecular weight excluding hydrogens is 387 g/mol. The topological polar surface area (TPSA) is 0 Å². The molecule has 17 heavy (non-hydrogen) atoms.